The monoisotopic (exact) mass is 235 g/mol. The molecular formula is C11H25NO2S. The van der Waals surface area contributed by atoms with Crippen LogP contribution < -0.4 is 0 Å². The molecule has 0 amide bonds. The third-order valence-electron chi connectivity index (χ3n) is 2.94. The fourth-order valence-electron chi connectivity index (χ4n) is 1.90. The Kier molecular flexibility index (Phi) is 4.80. The number of nitrogens with zero attached hydrogens (tertiary/aromatic N) is 1. The largest absolute Gasteiger partial charge is 0.213 e. The van der Waals surface area contributed by atoms with Gasteiger partial charge in [-0.2, -0.15) is 0 Å². The van der Waals surface area contributed by atoms with Gasteiger partial charge in [0.2, 0.25) is 10.0 Å². The molecule has 92 valence electrons. The van der Waals surface area contributed by atoms with Crippen LogP contribution in [0.15, 0.2) is 0 Å². The van der Waals surface area contributed by atoms with Gasteiger partial charge in [-0.3, -0.25) is 0 Å². The molecule has 0 bridgehead atoms. The highest BCUT2D eigenvalue weighted by molar-refractivity contribution is 7.88. The Balaban J connectivity index is 4.73. The normalized spacial score (nSPS) is 16.1. The minimum Gasteiger partial charge on any atom is -0.213 e. The van der Waals surface area contributed by atoms with Crippen molar-refractivity contribution >= 4 is 10.0 Å². The van der Waals surface area contributed by atoms with Crippen molar-refractivity contribution < 1.29 is 8.42 Å². The van der Waals surface area contributed by atoms with Crippen molar-refractivity contribution in [2.75, 3.05) is 19.8 Å². The predicted octanol–water partition coefficient (Wildman–Crippen LogP) is 2.20. The first-order chi connectivity index (χ1) is 6.46. The fraction of sp³-hybridized carbons (Fsp3) is 1.00. The summed E-state index contributed by atoms with van der Waals surface area (Å²) in [6, 6.07) is 0. The van der Waals surface area contributed by atoms with Gasteiger partial charge in [-0.05, 0) is 17.3 Å². The van der Waals surface area contributed by atoms with Crippen molar-refractivity contribution in [1.29, 1.82) is 0 Å². The van der Waals surface area contributed by atoms with Gasteiger partial charge in [-0.1, -0.05) is 34.6 Å². The highest BCUT2D eigenvalue weighted by Crippen LogP contribution is 2.32. The molecule has 0 aromatic heterocycles. The quantitative estimate of drug-likeness (QED) is 0.749. The molecule has 0 saturated heterocycles. The molecule has 0 saturated carbocycles. The standard InChI is InChI=1S/C11H25NO2S/c1-9(2)10(11(3,4)5)8-12(6)15(7,13)14/h9-10H,8H2,1-7H3. The molecule has 0 aliphatic heterocycles. The smallest absolute Gasteiger partial charge is 0.210 e. The van der Waals surface area contributed by atoms with Crippen LogP contribution in [-0.4, -0.2) is 32.6 Å². The number of hydrogen-bond acceptors (Lipinski definition) is 2. The zero-order valence-electron chi connectivity index (χ0n) is 11.0. The van der Waals surface area contributed by atoms with Gasteiger partial charge >= 0.3 is 0 Å². The summed E-state index contributed by atoms with van der Waals surface area (Å²) in [6.45, 7) is 11.4. The second-order valence-electron chi connectivity index (χ2n) is 5.76. The second-order valence-corrected chi connectivity index (χ2v) is 7.85. The lowest BCUT2D eigenvalue weighted by molar-refractivity contribution is 0.153. The molecule has 0 N–H and O–H groups in total. The van der Waals surface area contributed by atoms with Gasteiger partial charge < -0.3 is 0 Å². The van der Waals surface area contributed by atoms with E-state index in [1.807, 2.05) is 0 Å². The van der Waals surface area contributed by atoms with Gasteiger partial charge in [-0.25, -0.2) is 12.7 Å². The molecule has 1 atom stereocenters. The van der Waals surface area contributed by atoms with Crippen LogP contribution in [0.2, 0.25) is 0 Å². The van der Waals surface area contributed by atoms with Crippen molar-refractivity contribution in [3.8, 4) is 0 Å². The summed E-state index contributed by atoms with van der Waals surface area (Å²) in [7, 11) is -1.41. The average molecular weight is 235 g/mol. The first-order valence-electron chi connectivity index (χ1n) is 5.37. The van der Waals surface area contributed by atoms with Gasteiger partial charge in [0.1, 0.15) is 0 Å². The summed E-state index contributed by atoms with van der Waals surface area (Å²) in [5, 5.41) is 0. The van der Waals surface area contributed by atoms with Crippen LogP contribution in [0.1, 0.15) is 34.6 Å². The van der Waals surface area contributed by atoms with Crippen LogP contribution in [0.4, 0.5) is 0 Å². The highest BCUT2D eigenvalue weighted by atomic mass is 32.2. The molecule has 0 fully saturated rings. The Morgan fingerprint density at radius 1 is 1.20 bits per heavy atom. The summed E-state index contributed by atoms with van der Waals surface area (Å²) in [5.74, 6) is 0.853. The molecule has 0 spiro atoms. The molecule has 1 unspecified atom stereocenters. The Bertz CT molecular complexity index is 288. The van der Waals surface area contributed by atoms with Crippen molar-refractivity contribution in [3.05, 3.63) is 0 Å². The number of sulfonamides is 1. The molecule has 0 aliphatic rings. The molecule has 0 heterocycles. The van der Waals surface area contributed by atoms with Crippen molar-refractivity contribution in [2.24, 2.45) is 17.3 Å². The summed E-state index contributed by atoms with van der Waals surface area (Å²) in [6.07, 6.45) is 1.26. The fourth-order valence-corrected chi connectivity index (χ4v) is 2.33. The SMILES string of the molecule is CC(C)C(CN(C)S(C)(=O)=O)C(C)(C)C. The van der Waals surface area contributed by atoms with E-state index in [4.69, 9.17) is 0 Å². The predicted molar refractivity (Wildman–Crippen MR) is 65.3 cm³/mol. The maximum atomic E-state index is 11.3. The van der Waals surface area contributed by atoms with E-state index in [0.29, 0.717) is 18.4 Å². The van der Waals surface area contributed by atoms with Crippen molar-refractivity contribution in [2.45, 2.75) is 34.6 Å². The van der Waals surface area contributed by atoms with E-state index in [1.165, 1.54) is 10.6 Å². The van der Waals surface area contributed by atoms with Crippen LogP contribution in [0.3, 0.4) is 0 Å². The van der Waals surface area contributed by atoms with Crippen LogP contribution in [0.5, 0.6) is 0 Å². The van der Waals surface area contributed by atoms with Gasteiger partial charge in [-0.15, -0.1) is 0 Å². The first kappa shape index (κ1) is 14.9. The maximum absolute atomic E-state index is 11.3. The zero-order chi connectivity index (χ0) is 12.4. The van der Waals surface area contributed by atoms with Gasteiger partial charge in [0.15, 0.2) is 0 Å². The lowest BCUT2D eigenvalue weighted by Crippen LogP contribution is -2.38. The van der Waals surface area contributed by atoms with Gasteiger partial charge in [0.25, 0.3) is 0 Å². The van der Waals surface area contributed by atoms with E-state index in [1.54, 1.807) is 7.05 Å². The van der Waals surface area contributed by atoms with E-state index in [2.05, 4.69) is 34.6 Å². The average Bonchev–Trinajstić information content (AvgIpc) is 1.94. The Labute approximate surface area is 94.9 Å². The molecule has 0 radical (unpaired) electrons. The van der Waals surface area contributed by atoms with E-state index in [0.717, 1.165) is 0 Å². The van der Waals surface area contributed by atoms with Crippen LogP contribution >= 0.6 is 0 Å². The summed E-state index contributed by atoms with van der Waals surface area (Å²) in [5.41, 5.74) is 0.132. The van der Waals surface area contributed by atoms with E-state index in [-0.39, 0.29) is 5.41 Å². The minimum atomic E-state index is -3.06. The topological polar surface area (TPSA) is 37.4 Å². The lowest BCUT2D eigenvalue weighted by Gasteiger charge is -2.36. The Morgan fingerprint density at radius 2 is 1.60 bits per heavy atom. The third kappa shape index (κ3) is 4.98. The highest BCUT2D eigenvalue weighted by Gasteiger charge is 2.30. The van der Waals surface area contributed by atoms with Crippen LogP contribution in [0, 0.1) is 17.3 Å². The lowest BCUT2D eigenvalue weighted by atomic mass is 9.74. The van der Waals surface area contributed by atoms with E-state index < -0.39 is 10.0 Å². The Morgan fingerprint density at radius 3 is 1.80 bits per heavy atom. The van der Waals surface area contributed by atoms with E-state index >= 15 is 0 Å². The van der Waals surface area contributed by atoms with Crippen LogP contribution in [0.25, 0.3) is 0 Å². The van der Waals surface area contributed by atoms with E-state index in [9.17, 15) is 8.42 Å². The molecule has 4 heteroatoms. The molecule has 0 aromatic carbocycles. The van der Waals surface area contributed by atoms with Crippen molar-refractivity contribution in [3.63, 3.8) is 0 Å². The molecule has 0 aliphatic carbocycles. The van der Waals surface area contributed by atoms with Gasteiger partial charge in [0.05, 0.1) is 6.26 Å². The molecule has 0 aromatic rings. The minimum absolute atomic E-state index is 0.132. The third-order valence-corrected chi connectivity index (χ3v) is 4.22. The summed E-state index contributed by atoms with van der Waals surface area (Å²) in [4.78, 5) is 0. The van der Waals surface area contributed by atoms with Gasteiger partial charge in [0, 0.05) is 13.6 Å². The summed E-state index contributed by atoms with van der Waals surface area (Å²) >= 11 is 0. The van der Waals surface area contributed by atoms with Crippen molar-refractivity contribution in [1.82, 2.24) is 4.31 Å². The molecule has 0 rings (SSSR count). The number of hydrogen-bond donors (Lipinski definition) is 0. The number of rotatable bonds is 4. The molecule has 3 nitrogen and oxygen atoms in total. The summed E-state index contributed by atoms with van der Waals surface area (Å²) < 4.78 is 24.1. The molecular weight excluding hydrogens is 210 g/mol. The first-order valence-corrected chi connectivity index (χ1v) is 7.22. The van der Waals surface area contributed by atoms with Crippen LogP contribution in [-0.2, 0) is 10.0 Å². The Hall–Kier alpha value is -0.0900. The zero-order valence-corrected chi connectivity index (χ0v) is 11.9. The maximum Gasteiger partial charge on any atom is 0.210 e. The molecule has 15 heavy (non-hydrogen) atoms. The second kappa shape index (κ2) is 4.83.